The maximum atomic E-state index is 13.2. The van der Waals surface area contributed by atoms with Crippen molar-refractivity contribution in [3.05, 3.63) is 69.5 Å². The lowest BCUT2D eigenvalue weighted by molar-refractivity contribution is 0.0742. The van der Waals surface area contributed by atoms with Crippen LogP contribution in [0, 0.1) is 5.41 Å². The van der Waals surface area contributed by atoms with Crippen molar-refractivity contribution >= 4 is 46.8 Å². The Morgan fingerprint density at radius 1 is 1.12 bits per heavy atom. The number of nitrogens with zero attached hydrogens (tertiary/aromatic N) is 3. The van der Waals surface area contributed by atoms with Crippen LogP contribution in [-0.4, -0.2) is 43.7 Å². The van der Waals surface area contributed by atoms with Crippen molar-refractivity contribution in [3.63, 3.8) is 0 Å². The smallest absolute Gasteiger partial charge is 0.286 e. The van der Waals surface area contributed by atoms with E-state index in [0.29, 0.717) is 38.4 Å². The summed E-state index contributed by atoms with van der Waals surface area (Å²) in [5.41, 5.74) is 5.23. The van der Waals surface area contributed by atoms with Gasteiger partial charge in [0.05, 0.1) is 22.4 Å². The molecule has 7 nitrogen and oxygen atoms in total. The van der Waals surface area contributed by atoms with E-state index in [1.165, 1.54) is 0 Å². The van der Waals surface area contributed by atoms with Crippen molar-refractivity contribution in [3.8, 4) is 17.1 Å². The molecule has 4 rings (SSSR count). The van der Waals surface area contributed by atoms with Crippen LogP contribution in [0.1, 0.15) is 41.0 Å². The summed E-state index contributed by atoms with van der Waals surface area (Å²) < 4.78 is 1.70. The predicted molar refractivity (Wildman–Crippen MR) is 134 cm³/mol. The standard InChI is InChI=1S/C23H23Cl2N5O2S/c24-15-6-9-17(18(25)12-15)22-27-20(23(32)28-29-10-2-1-3-11-29)19(13-31)30(22)16-7-4-14(5-8-16)21(26)33/h4-9,12,31H,1-3,10-11,13H2,(H2,26,33)(H,28,32). The van der Waals surface area contributed by atoms with Gasteiger partial charge in [0.1, 0.15) is 5.82 Å². The second-order valence-corrected chi connectivity index (χ2v) is 9.02. The number of thiol groups is 1. The number of rotatable bonds is 6. The van der Waals surface area contributed by atoms with Crippen LogP contribution in [0.5, 0.6) is 0 Å². The van der Waals surface area contributed by atoms with Crippen molar-refractivity contribution in [1.29, 1.82) is 5.41 Å². The van der Waals surface area contributed by atoms with Gasteiger partial charge in [-0.25, -0.2) is 9.99 Å². The average molecular weight is 504 g/mol. The lowest BCUT2D eigenvalue weighted by atomic mass is 10.1. The summed E-state index contributed by atoms with van der Waals surface area (Å²) in [5, 5.41) is 20.9. The fourth-order valence-electron chi connectivity index (χ4n) is 3.88. The van der Waals surface area contributed by atoms with E-state index in [1.807, 2.05) is 5.01 Å². The van der Waals surface area contributed by atoms with Crippen LogP contribution in [0.3, 0.4) is 0 Å². The molecular formula is C23H23Cl2N5O2S. The Hall–Kier alpha value is -2.36. The summed E-state index contributed by atoms with van der Waals surface area (Å²) in [7, 11) is 0. The number of aliphatic hydroxyl groups excluding tert-OH is 1. The van der Waals surface area contributed by atoms with Crippen LogP contribution in [-0.2, 0) is 6.61 Å². The van der Waals surface area contributed by atoms with Crippen LogP contribution >= 0.6 is 35.8 Å². The molecule has 33 heavy (non-hydrogen) atoms. The van der Waals surface area contributed by atoms with E-state index in [1.54, 1.807) is 47.0 Å². The van der Waals surface area contributed by atoms with Crippen LogP contribution in [0.4, 0.5) is 0 Å². The summed E-state index contributed by atoms with van der Waals surface area (Å²) in [6, 6.07) is 12.1. The first kappa shape index (κ1) is 23.8. The molecule has 1 aliphatic rings. The molecule has 3 aromatic rings. The highest BCUT2D eigenvalue weighted by atomic mass is 35.5. The van der Waals surface area contributed by atoms with Crippen LogP contribution in [0.2, 0.25) is 10.0 Å². The number of benzene rings is 2. The molecule has 0 unspecified atom stereocenters. The average Bonchev–Trinajstić information content (AvgIpc) is 3.19. The maximum absolute atomic E-state index is 13.2. The minimum Gasteiger partial charge on any atom is -0.390 e. The number of hydrogen-bond acceptors (Lipinski definition) is 5. The molecular weight excluding hydrogens is 481 g/mol. The van der Waals surface area contributed by atoms with Crippen LogP contribution < -0.4 is 5.43 Å². The molecule has 2 aromatic carbocycles. The molecule has 0 saturated carbocycles. The summed E-state index contributed by atoms with van der Waals surface area (Å²) in [5.74, 6) is 0.0120. The third-order valence-electron chi connectivity index (χ3n) is 5.52. The minimum absolute atomic E-state index is 0.120. The van der Waals surface area contributed by atoms with Crippen LogP contribution in [0.15, 0.2) is 42.5 Å². The highest BCUT2D eigenvalue weighted by Crippen LogP contribution is 2.33. The van der Waals surface area contributed by atoms with E-state index in [0.717, 1.165) is 32.4 Å². The van der Waals surface area contributed by atoms with Crippen molar-refractivity contribution in [1.82, 2.24) is 20.0 Å². The first-order valence-corrected chi connectivity index (χ1v) is 11.7. The zero-order valence-corrected chi connectivity index (χ0v) is 20.1. The normalized spacial score (nSPS) is 14.3. The number of aromatic nitrogens is 2. The zero-order chi connectivity index (χ0) is 23.5. The number of amides is 1. The minimum atomic E-state index is -0.412. The van der Waals surface area contributed by atoms with Crippen molar-refractivity contribution in [2.24, 2.45) is 0 Å². The van der Waals surface area contributed by atoms with Gasteiger partial charge in [-0.1, -0.05) is 41.8 Å². The second-order valence-electron chi connectivity index (χ2n) is 7.73. The number of aliphatic hydroxyl groups is 1. The monoisotopic (exact) mass is 503 g/mol. The van der Waals surface area contributed by atoms with Gasteiger partial charge in [0.2, 0.25) is 0 Å². The SMILES string of the molecule is N=C(S)c1ccc(-n2c(-c3ccc(Cl)cc3Cl)nc(C(=O)NN3CCCCC3)c2CO)cc1. The van der Waals surface area contributed by atoms with Gasteiger partial charge in [0, 0.05) is 34.9 Å². The Balaban J connectivity index is 1.84. The Labute approximate surface area is 207 Å². The molecule has 1 fully saturated rings. The highest BCUT2D eigenvalue weighted by molar-refractivity contribution is 7.97. The van der Waals surface area contributed by atoms with Crippen molar-refractivity contribution in [2.75, 3.05) is 13.1 Å². The summed E-state index contributed by atoms with van der Waals surface area (Å²) >= 11 is 16.6. The molecule has 3 N–H and O–H groups in total. The first-order valence-electron chi connectivity index (χ1n) is 10.5. The second kappa shape index (κ2) is 10.3. The molecule has 1 aromatic heterocycles. The topological polar surface area (TPSA) is 94.2 Å². The number of hydrogen-bond donors (Lipinski definition) is 4. The number of carbonyl (C=O) groups is 1. The van der Waals surface area contributed by atoms with E-state index < -0.39 is 6.61 Å². The number of halogens is 2. The number of imidazole rings is 1. The first-order chi connectivity index (χ1) is 15.9. The van der Waals surface area contributed by atoms with Gasteiger partial charge in [-0.15, -0.1) is 12.6 Å². The highest BCUT2D eigenvalue weighted by Gasteiger charge is 2.26. The number of piperidine rings is 1. The van der Waals surface area contributed by atoms with Crippen molar-refractivity contribution < 1.29 is 9.90 Å². The molecule has 0 bridgehead atoms. The lowest BCUT2D eigenvalue weighted by Crippen LogP contribution is -2.45. The quantitative estimate of drug-likeness (QED) is 0.222. The Morgan fingerprint density at radius 3 is 2.42 bits per heavy atom. The van der Waals surface area contributed by atoms with Gasteiger partial charge in [-0.05, 0) is 43.2 Å². The maximum Gasteiger partial charge on any atom is 0.286 e. The van der Waals surface area contributed by atoms with Crippen molar-refractivity contribution in [2.45, 2.75) is 25.9 Å². The Morgan fingerprint density at radius 2 is 1.82 bits per heavy atom. The Kier molecular flexibility index (Phi) is 7.41. The molecule has 1 saturated heterocycles. The van der Waals surface area contributed by atoms with E-state index in [-0.39, 0.29) is 16.6 Å². The largest absolute Gasteiger partial charge is 0.390 e. The van der Waals surface area contributed by atoms with E-state index in [2.05, 4.69) is 23.0 Å². The third-order valence-corrected chi connectivity index (χ3v) is 6.33. The van der Waals surface area contributed by atoms with Gasteiger partial charge < -0.3 is 5.11 Å². The van der Waals surface area contributed by atoms with Crippen LogP contribution in [0.25, 0.3) is 17.1 Å². The van der Waals surface area contributed by atoms with Gasteiger partial charge in [0.15, 0.2) is 5.69 Å². The molecule has 0 spiro atoms. The molecule has 0 aliphatic carbocycles. The van der Waals surface area contributed by atoms with Gasteiger partial charge in [-0.2, -0.15) is 0 Å². The molecule has 2 heterocycles. The number of hydrazine groups is 1. The fourth-order valence-corrected chi connectivity index (χ4v) is 4.52. The van der Waals surface area contributed by atoms with E-state index in [9.17, 15) is 9.90 Å². The predicted octanol–water partition coefficient (Wildman–Crippen LogP) is 4.72. The van der Waals surface area contributed by atoms with Gasteiger partial charge >= 0.3 is 0 Å². The molecule has 172 valence electrons. The molecule has 1 aliphatic heterocycles. The number of nitrogens with one attached hydrogen (secondary N) is 2. The zero-order valence-electron chi connectivity index (χ0n) is 17.7. The summed E-state index contributed by atoms with van der Waals surface area (Å²) in [4.78, 5) is 17.8. The van der Waals surface area contributed by atoms with Gasteiger partial charge in [-0.3, -0.25) is 20.2 Å². The molecule has 0 atom stereocenters. The fraction of sp³-hybridized carbons (Fsp3) is 0.261. The third kappa shape index (κ3) is 5.10. The molecule has 0 radical (unpaired) electrons. The lowest BCUT2D eigenvalue weighted by Gasteiger charge is -2.26. The van der Waals surface area contributed by atoms with Gasteiger partial charge in [0.25, 0.3) is 5.91 Å². The van der Waals surface area contributed by atoms with E-state index >= 15 is 0 Å². The molecule has 10 heteroatoms. The summed E-state index contributed by atoms with van der Waals surface area (Å²) in [6.45, 7) is 1.13. The molecule has 1 amide bonds. The number of carbonyl (C=O) groups excluding carboxylic acids is 1. The Bertz CT molecular complexity index is 1190. The summed E-state index contributed by atoms with van der Waals surface area (Å²) in [6.07, 6.45) is 3.17. The van der Waals surface area contributed by atoms with E-state index in [4.69, 9.17) is 28.6 Å².